The summed E-state index contributed by atoms with van der Waals surface area (Å²) in [5.41, 5.74) is 0. The van der Waals surface area contributed by atoms with Gasteiger partial charge in [0, 0.05) is 12.3 Å². The van der Waals surface area contributed by atoms with Crippen LogP contribution in [0, 0.1) is 0 Å². The molecular formula is C24H50ClNO2. The van der Waals surface area contributed by atoms with Gasteiger partial charge in [0.2, 0.25) is 0 Å². The van der Waals surface area contributed by atoms with E-state index in [9.17, 15) is 4.79 Å². The van der Waals surface area contributed by atoms with Crippen molar-refractivity contribution in [3.63, 3.8) is 0 Å². The smallest absolute Gasteiger partial charge is 0.305 e. The van der Waals surface area contributed by atoms with Gasteiger partial charge in [0.1, 0.15) is 0 Å². The first kappa shape index (κ1) is 29.9. The number of hydrogen-bond acceptors (Lipinski definition) is 3. The van der Waals surface area contributed by atoms with Crippen molar-refractivity contribution in [2.75, 3.05) is 33.6 Å². The highest BCUT2D eigenvalue weighted by Crippen LogP contribution is 2.13. The summed E-state index contributed by atoms with van der Waals surface area (Å²) in [4.78, 5) is 13.4. The summed E-state index contributed by atoms with van der Waals surface area (Å²) in [5, 5.41) is 0. The van der Waals surface area contributed by atoms with E-state index in [1.54, 1.807) is 0 Å². The SMILES string of the molecule is CCCCCCCCCCCCCCCCCC(=O)OCCCCl.CN(C)C. The standard InChI is InChI=1S/C21H41ClO2.C3H9N/c1-2-3-4-5-6-7-8-9-10-11-12-13-14-15-16-18-21(23)24-20-17-19-22;1-4(2)3/h2-20H2,1H3;1-3H3. The van der Waals surface area contributed by atoms with E-state index in [-0.39, 0.29) is 5.97 Å². The lowest BCUT2D eigenvalue weighted by molar-refractivity contribution is -0.143. The summed E-state index contributed by atoms with van der Waals surface area (Å²) < 4.78 is 5.08. The zero-order chi connectivity index (χ0) is 21.3. The topological polar surface area (TPSA) is 29.5 Å². The molecule has 0 spiro atoms. The van der Waals surface area contributed by atoms with E-state index >= 15 is 0 Å². The number of carbonyl (C=O) groups is 1. The molecule has 0 amide bonds. The molecule has 0 N–H and O–H groups in total. The molecule has 0 aliphatic rings. The van der Waals surface area contributed by atoms with Crippen LogP contribution in [0.2, 0.25) is 0 Å². The van der Waals surface area contributed by atoms with Crippen LogP contribution in [-0.2, 0) is 9.53 Å². The Labute approximate surface area is 181 Å². The Bertz CT molecular complexity index is 296. The van der Waals surface area contributed by atoms with Crippen molar-refractivity contribution >= 4 is 17.6 Å². The quantitative estimate of drug-likeness (QED) is 0.122. The normalized spacial score (nSPS) is 10.6. The Morgan fingerprint density at radius 1 is 0.679 bits per heavy atom. The number of hydrogen-bond donors (Lipinski definition) is 0. The van der Waals surface area contributed by atoms with Crippen LogP contribution in [0.4, 0.5) is 0 Å². The van der Waals surface area contributed by atoms with Gasteiger partial charge in [-0.2, -0.15) is 0 Å². The number of unbranched alkanes of at least 4 members (excludes halogenated alkanes) is 14. The van der Waals surface area contributed by atoms with Crippen LogP contribution < -0.4 is 0 Å². The van der Waals surface area contributed by atoms with Crippen molar-refractivity contribution in [3.8, 4) is 0 Å². The van der Waals surface area contributed by atoms with E-state index in [0.717, 1.165) is 19.3 Å². The van der Waals surface area contributed by atoms with E-state index in [0.29, 0.717) is 18.9 Å². The predicted octanol–water partition coefficient (Wildman–Crippen LogP) is 7.60. The van der Waals surface area contributed by atoms with Gasteiger partial charge in [-0.05, 0) is 34.0 Å². The average Bonchev–Trinajstić information content (AvgIpc) is 2.64. The van der Waals surface area contributed by atoms with Gasteiger partial charge in [-0.25, -0.2) is 0 Å². The van der Waals surface area contributed by atoms with E-state index in [1.807, 2.05) is 26.0 Å². The highest BCUT2D eigenvalue weighted by molar-refractivity contribution is 6.17. The molecule has 170 valence electrons. The first-order chi connectivity index (χ1) is 13.5. The van der Waals surface area contributed by atoms with Gasteiger partial charge in [0.05, 0.1) is 6.61 Å². The fourth-order valence-corrected chi connectivity index (χ4v) is 3.06. The number of halogens is 1. The average molecular weight is 420 g/mol. The molecule has 0 bridgehead atoms. The Balaban J connectivity index is 0. The van der Waals surface area contributed by atoms with Crippen molar-refractivity contribution in [1.29, 1.82) is 0 Å². The maximum Gasteiger partial charge on any atom is 0.305 e. The maximum atomic E-state index is 11.4. The van der Waals surface area contributed by atoms with Gasteiger partial charge in [-0.3, -0.25) is 4.79 Å². The lowest BCUT2D eigenvalue weighted by Gasteiger charge is -2.04. The molecule has 28 heavy (non-hydrogen) atoms. The number of alkyl halides is 1. The lowest BCUT2D eigenvalue weighted by Crippen LogP contribution is -2.05. The molecular weight excluding hydrogens is 370 g/mol. The first-order valence-corrected chi connectivity index (χ1v) is 12.4. The second kappa shape index (κ2) is 26.7. The number of carbonyl (C=O) groups excluding carboxylic acids is 1. The van der Waals surface area contributed by atoms with E-state index in [2.05, 4.69) is 6.92 Å². The van der Waals surface area contributed by atoms with Crippen molar-refractivity contribution in [3.05, 3.63) is 0 Å². The maximum absolute atomic E-state index is 11.4. The molecule has 3 nitrogen and oxygen atoms in total. The molecule has 0 saturated carbocycles. The van der Waals surface area contributed by atoms with Gasteiger partial charge in [-0.1, -0.05) is 96.8 Å². The zero-order valence-electron chi connectivity index (χ0n) is 19.6. The highest BCUT2D eigenvalue weighted by atomic mass is 35.5. The van der Waals surface area contributed by atoms with Crippen LogP contribution in [0.1, 0.15) is 116 Å². The van der Waals surface area contributed by atoms with E-state index in [1.165, 1.54) is 83.5 Å². The molecule has 0 aliphatic heterocycles. The van der Waals surface area contributed by atoms with Crippen LogP contribution in [-0.4, -0.2) is 44.5 Å². The summed E-state index contributed by atoms with van der Waals surface area (Å²) >= 11 is 5.54. The van der Waals surface area contributed by atoms with E-state index < -0.39 is 0 Å². The summed E-state index contributed by atoms with van der Waals surface area (Å²) in [6, 6.07) is 0. The van der Waals surface area contributed by atoms with Crippen molar-refractivity contribution in [2.24, 2.45) is 0 Å². The monoisotopic (exact) mass is 419 g/mol. The summed E-state index contributed by atoms with van der Waals surface area (Å²) in [5.74, 6) is 0.501. The number of ether oxygens (including phenoxy) is 1. The molecule has 0 aromatic carbocycles. The molecule has 0 saturated heterocycles. The Morgan fingerprint density at radius 2 is 1.04 bits per heavy atom. The van der Waals surface area contributed by atoms with Crippen molar-refractivity contribution in [2.45, 2.75) is 116 Å². The first-order valence-electron chi connectivity index (χ1n) is 11.9. The van der Waals surface area contributed by atoms with Crippen LogP contribution in [0.25, 0.3) is 0 Å². The molecule has 0 fully saturated rings. The third-order valence-electron chi connectivity index (χ3n) is 4.53. The lowest BCUT2D eigenvalue weighted by atomic mass is 10.0. The van der Waals surface area contributed by atoms with Gasteiger partial charge in [0.25, 0.3) is 0 Å². The number of nitrogens with zero attached hydrogens (tertiary/aromatic N) is 1. The molecule has 4 heteroatoms. The summed E-state index contributed by atoms with van der Waals surface area (Å²) in [6.45, 7) is 2.75. The molecule has 0 radical (unpaired) electrons. The largest absolute Gasteiger partial charge is 0.466 e. The highest BCUT2D eigenvalue weighted by Gasteiger charge is 2.02. The van der Waals surface area contributed by atoms with Gasteiger partial charge >= 0.3 is 5.97 Å². The minimum absolute atomic E-state index is 0.0604. The molecule has 0 heterocycles. The molecule has 0 aromatic heterocycles. The number of esters is 1. The molecule has 0 rings (SSSR count). The minimum Gasteiger partial charge on any atom is -0.466 e. The van der Waals surface area contributed by atoms with Gasteiger partial charge < -0.3 is 9.64 Å². The second-order valence-corrected chi connectivity index (χ2v) is 8.68. The third kappa shape index (κ3) is 33.3. The van der Waals surface area contributed by atoms with Crippen molar-refractivity contribution < 1.29 is 9.53 Å². The van der Waals surface area contributed by atoms with Crippen LogP contribution >= 0.6 is 11.6 Å². The zero-order valence-corrected chi connectivity index (χ0v) is 20.3. The predicted molar refractivity (Wildman–Crippen MR) is 125 cm³/mol. The van der Waals surface area contributed by atoms with Crippen LogP contribution in [0.5, 0.6) is 0 Å². The Morgan fingerprint density at radius 3 is 1.39 bits per heavy atom. The third-order valence-corrected chi connectivity index (χ3v) is 4.79. The summed E-state index contributed by atoms with van der Waals surface area (Å²) in [6.07, 6.45) is 21.5. The fraction of sp³-hybridized carbons (Fsp3) is 0.958. The van der Waals surface area contributed by atoms with Crippen LogP contribution in [0.15, 0.2) is 0 Å². The van der Waals surface area contributed by atoms with Crippen molar-refractivity contribution in [1.82, 2.24) is 4.90 Å². The molecule has 0 aliphatic carbocycles. The minimum atomic E-state index is -0.0604. The Kier molecular flexibility index (Phi) is 28.5. The van der Waals surface area contributed by atoms with Gasteiger partial charge in [0.15, 0.2) is 0 Å². The van der Waals surface area contributed by atoms with E-state index in [4.69, 9.17) is 16.3 Å². The molecule has 0 unspecified atom stereocenters. The van der Waals surface area contributed by atoms with Gasteiger partial charge in [-0.15, -0.1) is 11.6 Å². The summed E-state index contributed by atoms with van der Waals surface area (Å²) in [7, 11) is 6.00. The Hall–Kier alpha value is -0.280. The fourth-order valence-electron chi connectivity index (χ4n) is 2.95. The second-order valence-electron chi connectivity index (χ2n) is 8.30. The molecule has 0 atom stereocenters. The number of rotatable bonds is 19. The molecule has 0 aromatic rings. The van der Waals surface area contributed by atoms with Crippen LogP contribution in [0.3, 0.4) is 0 Å².